The lowest BCUT2D eigenvalue weighted by Crippen LogP contribution is -2.51. The molecule has 0 aromatic carbocycles. The lowest BCUT2D eigenvalue weighted by molar-refractivity contribution is 0.0700. The number of allylic oxidation sites excluding steroid dienone is 2. The largest absolute Gasteiger partial charge is 0.301 e. The van der Waals surface area contributed by atoms with Crippen LogP contribution < -0.4 is 0 Å². The van der Waals surface area contributed by atoms with E-state index in [0.717, 1.165) is 12.0 Å². The van der Waals surface area contributed by atoms with E-state index in [1.165, 1.54) is 84.1 Å². The van der Waals surface area contributed by atoms with E-state index in [9.17, 15) is 0 Å². The minimum atomic E-state index is 0.925. The maximum atomic E-state index is 2.79. The van der Waals surface area contributed by atoms with Crippen molar-refractivity contribution in [3.05, 3.63) is 12.2 Å². The number of piperazine rings is 1. The molecule has 2 nitrogen and oxygen atoms in total. The van der Waals surface area contributed by atoms with E-state index in [1.54, 1.807) is 0 Å². The third-order valence-electron chi connectivity index (χ3n) is 5.39. The zero-order valence-electron chi connectivity index (χ0n) is 12.4. The molecular formula is C17H30N2. The second-order valence-corrected chi connectivity index (χ2v) is 6.78. The molecular weight excluding hydrogens is 232 g/mol. The van der Waals surface area contributed by atoms with Gasteiger partial charge >= 0.3 is 0 Å². The highest BCUT2D eigenvalue weighted by Crippen LogP contribution is 2.24. The Morgan fingerprint density at radius 1 is 0.842 bits per heavy atom. The predicted octanol–water partition coefficient (Wildman–Crippen LogP) is 3.29. The standard InChI is InChI=1S/C17H30N2/c1-3-7-16(8-4-1)15-18-11-13-19(14-12-18)17-9-5-2-6-10-17/h1,3,16-17H,2,4-15H2. The Morgan fingerprint density at radius 3 is 2.32 bits per heavy atom. The average molecular weight is 262 g/mol. The summed E-state index contributed by atoms with van der Waals surface area (Å²) in [7, 11) is 0. The lowest BCUT2D eigenvalue weighted by atomic mass is 9.92. The van der Waals surface area contributed by atoms with Gasteiger partial charge in [-0.25, -0.2) is 0 Å². The molecule has 1 aliphatic heterocycles. The van der Waals surface area contributed by atoms with Crippen LogP contribution in [-0.4, -0.2) is 48.6 Å². The van der Waals surface area contributed by atoms with Gasteiger partial charge in [-0.05, 0) is 38.0 Å². The molecule has 108 valence electrons. The van der Waals surface area contributed by atoms with Crippen LogP contribution in [-0.2, 0) is 0 Å². The van der Waals surface area contributed by atoms with E-state index in [-0.39, 0.29) is 0 Å². The van der Waals surface area contributed by atoms with E-state index < -0.39 is 0 Å². The Morgan fingerprint density at radius 2 is 1.63 bits per heavy atom. The van der Waals surface area contributed by atoms with Gasteiger partial charge in [-0.15, -0.1) is 0 Å². The predicted molar refractivity (Wildman–Crippen MR) is 81.4 cm³/mol. The van der Waals surface area contributed by atoms with Gasteiger partial charge in [-0.3, -0.25) is 4.90 Å². The molecule has 1 saturated heterocycles. The minimum Gasteiger partial charge on any atom is -0.301 e. The maximum absolute atomic E-state index is 2.79. The average Bonchev–Trinajstić information content (AvgIpc) is 2.50. The van der Waals surface area contributed by atoms with Crippen molar-refractivity contribution in [2.24, 2.45) is 5.92 Å². The molecule has 0 spiro atoms. The minimum absolute atomic E-state index is 0.925. The first-order valence-corrected chi connectivity index (χ1v) is 8.53. The van der Waals surface area contributed by atoms with Crippen molar-refractivity contribution in [3.8, 4) is 0 Å². The molecule has 0 N–H and O–H groups in total. The topological polar surface area (TPSA) is 6.48 Å². The van der Waals surface area contributed by atoms with Crippen LogP contribution in [0.5, 0.6) is 0 Å². The molecule has 3 aliphatic rings. The first-order chi connectivity index (χ1) is 9.42. The molecule has 1 unspecified atom stereocenters. The van der Waals surface area contributed by atoms with Crippen LogP contribution in [0.1, 0.15) is 51.4 Å². The SMILES string of the molecule is C1=CCC(CN2CCN(C3CCCCC3)CC2)CC1. The summed E-state index contributed by atoms with van der Waals surface area (Å²) in [6, 6.07) is 0.925. The number of rotatable bonds is 3. The molecule has 0 radical (unpaired) electrons. The van der Waals surface area contributed by atoms with Crippen LogP contribution in [0.15, 0.2) is 12.2 Å². The smallest absolute Gasteiger partial charge is 0.0113 e. The van der Waals surface area contributed by atoms with Crippen LogP contribution in [0.25, 0.3) is 0 Å². The monoisotopic (exact) mass is 262 g/mol. The molecule has 0 bridgehead atoms. The molecule has 1 heterocycles. The van der Waals surface area contributed by atoms with Crippen molar-refractivity contribution in [1.82, 2.24) is 9.80 Å². The summed E-state index contributed by atoms with van der Waals surface area (Å²) >= 11 is 0. The van der Waals surface area contributed by atoms with Gasteiger partial charge < -0.3 is 4.90 Å². The third-order valence-corrected chi connectivity index (χ3v) is 5.39. The van der Waals surface area contributed by atoms with Gasteiger partial charge in [-0.1, -0.05) is 31.4 Å². The van der Waals surface area contributed by atoms with E-state index in [0.29, 0.717) is 0 Å². The molecule has 0 aromatic rings. The van der Waals surface area contributed by atoms with Crippen LogP contribution in [0.4, 0.5) is 0 Å². The molecule has 19 heavy (non-hydrogen) atoms. The number of hydrogen-bond acceptors (Lipinski definition) is 2. The second-order valence-electron chi connectivity index (χ2n) is 6.78. The Kier molecular flexibility index (Phi) is 4.95. The van der Waals surface area contributed by atoms with Gasteiger partial charge in [0.15, 0.2) is 0 Å². The van der Waals surface area contributed by atoms with Crippen LogP contribution >= 0.6 is 0 Å². The van der Waals surface area contributed by atoms with E-state index >= 15 is 0 Å². The highest BCUT2D eigenvalue weighted by Gasteiger charge is 2.26. The van der Waals surface area contributed by atoms with Crippen molar-refractivity contribution < 1.29 is 0 Å². The molecule has 1 saturated carbocycles. The summed E-state index contributed by atoms with van der Waals surface area (Å²) in [6.45, 7) is 6.64. The number of hydrogen-bond donors (Lipinski definition) is 0. The van der Waals surface area contributed by atoms with Gasteiger partial charge in [0.25, 0.3) is 0 Å². The number of nitrogens with zero attached hydrogens (tertiary/aromatic N) is 2. The van der Waals surface area contributed by atoms with Gasteiger partial charge in [0, 0.05) is 38.8 Å². The summed E-state index contributed by atoms with van der Waals surface area (Å²) in [6.07, 6.45) is 16.2. The quantitative estimate of drug-likeness (QED) is 0.720. The van der Waals surface area contributed by atoms with Crippen molar-refractivity contribution >= 4 is 0 Å². The molecule has 0 amide bonds. The van der Waals surface area contributed by atoms with Crippen molar-refractivity contribution in [1.29, 1.82) is 0 Å². The van der Waals surface area contributed by atoms with Crippen LogP contribution in [0.3, 0.4) is 0 Å². The van der Waals surface area contributed by atoms with E-state index in [4.69, 9.17) is 0 Å². The van der Waals surface area contributed by atoms with Gasteiger partial charge in [0.2, 0.25) is 0 Å². The zero-order valence-corrected chi connectivity index (χ0v) is 12.4. The fraction of sp³-hybridized carbons (Fsp3) is 0.882. The first kappa shape index (κ1) is 13.6. The second kappa shape index (κ2) is 6.90. The maximum Gasteiger partial charge on any atom is 0.0113 e. The first-order valence-electron chi connectivity index (χ1n) is 8.53. The van der Waals surface area contributed by atoms with Crippen molar-refractivity contribution in [2.45, 2.75) is 57.4 Å². The zero-order chi connectivity index (χ0) is 12.9. The summed E-state index contributed by atoms with van der Waals surface area (Å²) in [5.41, 5.74) is 0. The highest BCUT2D eigenvalue weighted by molar-refractivity contribution is 4.91. The molecule has 2 heteroatoms. The Bertz CT molecular complexity index is 286. The highest BCUT2D eigenvalue weighted by atomic mass is 15.3. The van der Waals surface area contributed by atoms with E-state index in [2.05, 4.69) is 22.0 Å². The van der Waals surface area contributed by atoms with Crippen molar-refractivity contribution in [3.63, 3.8) is 0 Å². The fourth-order valence-electron chi connectivity index (χ4n) is 4.14. The van der Waals surface area contributed by atoms with Gasteiger partial charge in [-0.2, -0.15) is 0 Å². The van der Waals surface area contributed by atoms with Crippen molar-refractivity contribution in [2.75, 3.05) is 32.7 Å². The summed E-state index contributed by atoms with van der Waals surface area (Å²) in [5.74, 6) is 0.936. The van der Waals surface area contributed by atoms with Gasteiger partial charge in [0.1, 0.15) is 0 Å². The fourth-order valence-corrected chi connectivity index (χ4v) is 4.14. The normalized spacial score (nSPS) is 31.7. The molecule has 0 aromatic heterocycles. The molecule has 2 aliphatic carbocycles. The molecule has 1 atom stereocenters. The third kappa shape index (κ3) is 3.82. The Labute approximate surface area is 118 Å². The van der Waals surface area contributed by atoms with Crippen LogP contribution in [0, 0.1) is 5.92 Å². The molecule has 2 fully saturated rings. The summed E-state index contributed by atoms with van der Waals surface area (Å²) in [4.78, 5) is 5.51. The lowest BCUT2D eigenvalue weighted by Gasteiger charge is -2.41. The summed E-state index contributed by atoms with van der Waals surface area (Å²) < 4.78 is 0. The van der Waals surface area contributed by atoms with E-state index in [1.807, 2.05) is 0 Å². The summed E-state index contributed by atoms with van der Waals surface area (Å²) in [5, 5.41) is 0. The van der Waals surface area contributed by atoms with Gasteiger partial charge in [0.05, 0.1) is 0 Å². The Balaban J connectivity index is 1.40. The Hall–Kier alpha value is -0.340. The molecule has 3 rings (SSSR count). The van der Waals surface area contributed by atoms with Crippen LogP contribution in [0.2, 0.25) is 0 Å².